The summed E-state index contributed by atoms with van der Waals surface area (Å²) in [5, 5.41) is 11.6. The smallest absolute Gasteiger partial charge is 0.255 e. The Balaban J connectivity index is 2.22. The van der Waals surface area contributed by atoms with Crippen LogP contribution < -0.4 is 5.32 Å². The number of nitrogens with zero attached hydrogens (tertiary/aromatic N) is 1. The SMILES string of the molecule is N#CC(NC(=O)c1cc(Br)ccc1F)c1ccccc1. The number of halogens is 2. The van der Waals surface area contributed by atoms with Crippen molar-refractivity contribution < 1.29 is 9.18 Å². The highest BCUT2D eigenvalue weighted by Gasteiger charge is 2.17. The molecule has 1 amide bonds. The van der Waals surface area contributed by atoms with E-state index in [9.17, 15) is 9.18 Å². The fourth-order valence-electron chi connectivity index (χ4n) is 1.72. The maximum Gasteiger partial charge on any atom is 0.255 e. The maximum absolute atomic E-state index is 13.6. The summed E-state index contributed by atoms with van der Waals surface area (Å²) in [4.78, 5) is 12.0. The van der Waals surface area contributed by atoms with Crippen LogP contribution >= 0.6 is 15.9 Å². The Morgan fingerprint density at radius 1 is 1.25 bits per heavy atom. The molecule has 5 heteroatoms. The fraction of sp³-hybridized carbons (Fsp3) is 0.0667. The summed E-state index contributed by atoms with van der Waals surface area (Å²) in [7, 11) is 0. The van der Waals surface area contributed by atoms with Crippen molar-refractivity contribution in [2.45, 2.75) is 6.04 Å². The number of carbonyl (C=O) groups excluding carboxylic acids is 1. The summed E-state index contributed by atoms with van der Waals surface area (Å²) in [5.74, 6) is -1.25. The van der Waals surface area contributed by atoms with E-state index in [0.717, 1.165) is 0 Å². The molecule has 3 nitrogen and oxygen atoms in total. The van der Waals surface area contributed by atoms with Gasteiger partial charge in [-0.2, -0.15) is 5.26 Å². The molecule has 1 unspecified atom stereocenters. The molecule has 0 heterocycles. The predicted octanol–water partition coefficient (Wildman–Crippen LogP) is 3.58. The number of benzene rings is 2. The lowest BCUT2D eigenvalue weighted by Crippen LogP contribution is -2.28. The number of hydrogen-bond donors (Lipinski definition) is 1. The van der Waals surface area contributed by atoms with Gasteiger partial charge in [-0.25, -0.2) is 4.39 Å². The zero-order chi connectivity index (χ0) is 14.5. The Labute approximate surface area is 124 Å². The lowest BCUT2D eigenvalue weighted by molar-refractivity contribution is 0.0941. The second-order valence-electron chi connectivity index (χ2n) is 4.07. The predicted molar refractivity (Wildman–Crippen MR) is 76.4 cm³/mol. The van der Waals surface area contributed by atoms with Crippen molar-refractivity contribution in [3.63, 3.8) is 0 Å². The average molecular weight is 333 g/mol. The van der Waals surface area contributed by atoms with Crippen LogP contribution in [0.4, 0.5) is 4.39 Å². The van der Waals surface area contributed by atoms with Gasteiger partial charge < -0.3 is 5.32 Å². The van der Waals surface area contributed by atoms with E-state index in [4.69, 9.17) is 5.26 Å². The van der Waals surface area contributed by atoms with Gasteiger partial charge >= 0.3 is 0 Å². The zero-order valence-corrected chi connectivity index (χ0v) is 11.9. The van der Waals surface area contributed by atoms with E-state index in [2.05, 4.69) is 21.2 Å². The Morgan fingerprint density at radius 2 is 1.95 bits per heavy atom. The van der Waals surface area contributed by atoms with E-state index < -0.39 is 17.8 Å². The van der Waals surface area contributed by atoms with Crippen LogP contribution in [0.2, 0.25) is 0 Å². The van der Waals surface area contributed by atoms with Crippen LogP contribution in [0.1, 0.15) is 22.0 Å². The van der Waals surface area contributed by atoms with E-state index in [1.54, 1.807) is 24.3 Å². The minimum absolute atomic E-state index is 0.101. The molecule has 0 spiro atoms. The van der Waals surface area contributed by atoms with Crippen LogP contribution in [-0.4, -0.2) is 5.91 Å². The molecule has 1 N–H and O–H groups in total. The Hall–Kier alpha value is -2.19. The van der Waals surface area contributed by atoms with Gasteiger partial charge in [-0.3, -0.25) is 4.79 Å². The molecule has 2 rings (SSSR count). The summed E-state index contributed by atoms with van der Waals surface area (Å²) in [6.07, 6.45) is 0. The van der Waals surface area contributed by atoms with Crippen LogP contribution in [0.15, 0.2) is 53.0 Å². The van der Waals surface area contributed by atoms with Crippen LogP contribution in [0.5, 0.6) is 0 Å². The molecule has 0 aromatic heterocycles. The second-order valence-corrected chi connectivity index (χ2v) is 4.99. The third-order valence-electron chi connectivity index (χ3n) is 2.71. The van der Waals surface area contributed by atoms with Gasteiger partial charge in [0.15, 0.2) is 0 Å². The normalized spacial score (nSPS) is 11.4. The first-order chi connectivity index (χ1) is 9.61. The van der Waals surface area contributed by atoms with Crippen molar-refractivity contribution in [2.24, 2.45) is 0 Å². The fourth-order valence-corrected chi connectivity index (χ4v) is 2.08. The lowest BCUT2D eigenvalue weighted by atomic mass is 10.1. The quantitative estimate of drug-likeness (QED) is 0.933. The van der Waals surface area contributed by atoms with Gasteiger partial charge in [0.1, 0.15) is 11.9 Å². The van der Waals surface area contributed by atoms with E-state index in [0.29, 0.717) is 10.0 Å². The molecule has 0 aliphatic heterocycles. The van der Waals surface area contributed by atoms with Crippen molar-refractivity contribution in [1.29, 1.82) is 5.26 Å². The third-order valence-corrected chi connectivity index (χ3v) is 3.20. The molecule has 0 bridgehead atoms. The number of rotatable bonds is 3. The molecular weight excluding hydrogens is 323 g/mol. The van der Waals surface area contributed by atoms with Gasteiger partial charge in [0.25, 0.3) is 5.91 Å². The number of hydrogen-bond acceptors (Lipinski definition) is 2. The van der Waals surface area contributed by atoms with Crippen molar-refractivity contribution in [1.82, 2.24) is 5.32 Å². The van der Waals surface area contributed by atoms with Crippen molar-refractivity contribution in [3.05, 3.63) is 69.9 Å². The number of carbonyl (C=O) groups is 1. The van der Waals surface area contributed by atoms with Crippen LogP contribution in [0.25, 0.3) is 0 Å². The minimum Gasteiger partial charge on any atom is -0.332 e. The molecule has 0 saturated carbocycles. The molecule has 0 saturated heterocycles. The van der Waals surface area contributed by atoms with E-state index in [1.807, 2.05) is 12.1 Å². The number of nitriles is 1. The molecule has 0 radical (unpaired) electrons. The van der Waals surface area contributed by atoms with Crippen LogP contribution in [0.3, 0.4) is 0 Å². The molecule has 2 aromatic carbocycles. The van der Waals surface area contributed by atoms with Crippen molar-refractivity contribution in [3.8, 4) is 6.07 Å². The summed E-state index contributed by atoms with van der Waals surface area (Å²) < 4.78 is 14.2. The highest BCUT2D eigenvalue weighted by Crippen LogP contribution is 2.17. The summed E-state index contributed by atoms with van der Waals surface area (Å²) >= 11 is 3.18. The molecule has 0 aliphatic rings. The Kier molecular flexibility index (Phi) is 4.49. The standard InChI is InChI=1S/C15H10BrFN2O/c16-11-6-7-13(17)12(8-11)15(20)19-14(9-18)10-4-2-1-3-5-10/h1-8,14H,(H,19,20). The Bertz CT molecular complexity index is 667. The van der Waals surface area contributed by atoms with Crippen LogP contribution in [-0.2, 0) is 0 Å². The van der Waals surface area contributed by atoms with Gasteiger partial charge in [0.05, 0.1) is 11.6 Å². The number of nitrogens with one attached hydrogen (secondary N) is 1. The molecule has 0 fully saturated rings. The molecule has 100 valence electrons. The zero-order valence-electron chi connectivity index (χ0n) is 10.3. The topological polar surface area (TPSA) is 52.9 Å². The summed E-state index contributed by atoms with van der Waals surface area (Å²) in [6, 6.07) is 14.1. The lowest BCUT2D eigenvalue weighted by Gasteiger charge is -2.12. The molecule has 0 aliphatic carbocycles. The van der Waals surface area contributed by atoms with Crippen LogP contribution in [0, 0.1) is 17.1 Å². The minimum atomic E-state index is -0.818. The van der Waals surface area contributed by atoms with Gasteiger partial charge in [-0.15, -0.1) is 0 Å². The number of amides is 1. The van der Waals surface area contributed by atoms with Gasteiger partial charge in [-0.1, -0.05) is 46.3 Å². The molecular formula is C15H10BrFN2O. The third kappa shape index (κ3) is 3.22. The van der Waals surface area contributed by atoms with E-state index in [-0.39, 0.29) is 5.56 Å². The van der Waals surface area contributed by atoms with Gasteiger partial charge in [-0.05, 0) is 23.8 Å². The highest BCUT2D eigenvalue weighted by molar-refractivity contribution is 9.10. The molecule has 1 atom stereocenters. The van der Waals surface area contributed by atoms with Crippen molar-refractivity contribution >= 4 is 21.8 Å². The second kappa shape index (κ2) is 6.31. The van der Waals surface area contributed by atoms with Crippen molar-refractivity contribution in [2.75, 3.05) is 0 Å². The summed E-state index contributed by atoms with van der Waals surface area (Å²) in [6.45, 7) is 0. The monoisotopic (exact) mass is 332 g/mol. The molecule has 2 aromatic rings. The molecule has 20 heavy (non-hydrogen) atoms. The largest absolute Gasteiger partial charge is 0.332 e. The van der Waals surface area contributed by atoms with E-state index in [1.165, 1.54) is 18.2 Å². The van der Waals surface area contributed by atoms with Gasteiger partial charge in [0, 0.05) is 4.47 Å². The maximum atomic E-state index is 13.6. The van der Waals surface area contributed by atoms with Gasteiger partial charge in [0.2, 0.25) is 0 Å². The first kappa shape index (κ1) is 14.2. The first-order valence-corrected chi connectivity index (χ1v) is 6.61. The first-order valence-electron chi connectivity index (χ1n) is 5.82. The highest BCUT2D eigenvalue weighted by atomic mass is 79.9. The van der Waals surface area contributed by atoms with E-state index >= 15 is 0 Å². The average Bonchev–Trinajstić information content (AvgIpc) is 2.48. The Morgan fingerprint density at radius 3 is 2.60 bits per heavy atom. The summed E-state index contributed by atoms with van der Waals surface area (Å²) in [5.41, 5.74) is 0.550.